The van der Waals surface area contributed by atoms with Gasteiger partial charge >= 0.3 is 0 Å². The zero-order chi connectivity index (χ0) is 11.0. The van der Waals surface area contributed by atoms with Gasteiger partial charge in [-0.25, -0.2) is 0 Å². The fourth-order valence-corrected chi connectivity index (χ4v) is 2.53. The van der Waals surface area contributed by atoms with Gasteiger partial charge in [0.2, 0.25) is 0 Å². The summed E-state index contributed by atoms with van der Waals surface area (Å²) in [6.07, 6.45) is 4.29. The average Bonchev–Trinajstić information content (AvgIpc) is 2.86. The molecule has 2 atom stereocenters. The lowest BCUT2D eigenvalue weighted by Crippen LogP contribution is -2.37. The molecule has 1 saturated heterocycles. The Morgan fingerprint density at radius 1 is 1.31 bits per heavy atom. The molecule has 1 aromatic rings. The van der Waals surface area contributed by atoms with Crippen LogP contribution in [-0.2, 0) is 11.3 Å². The van der Waals surface area contributed by atoms with E-state index < -0.39 is 0 Å². The molecule has 0 radical (unpaired) electrons. The maximum atomic E-state index is 5.79. The summed E-state index contributed by atoms with van der Waals surface area (Å²) < 4.78 is 11.3. The van der Waals surface area contributed by atoms with Crippen LogP contribution in [0.1, 0.15) is 30.8 Å². The fraction of sp³-hybridized carbons (Fsp3) is 0.692. The molecule has 0 aromatic carbocycles. The second kappa shape index (κ2) is 4.22. The standard InChI is InChI=1S/C13H19NO2/c1-9-2-5-11(16-9)8-14-12-6-7-15-13(12)10-3-4-10/h2,5,10,12-14H,3-4,6-8H2,1H3. The van der Waals surface area contributed by atoms with E-state index in [4.69, 9.17) is 9.15 Å². The zero-order valence-corrected chi connectivity index (χ0v) is 9.74. The first kappa shape index (κ1) is 10.4. The van der Waals surface area contributed by atoms with Crippen LogP contribution >= 0.6 is 0 Å². The van der Waals surface area contributed by atoms with Crippen molar-refractivity contribution in [3.63, 3.8) is 0 Å². The molecule has 2 unspecified atom stereocenters. The molecule has 3 rings (SSSR count). The van der Waals surface area contributed by atoms with Crippen molar-refractivity contribution in [2.45, 2.75) is 44.9 Å². The molecule has 1 saturated carbocycles. The Labute approximate surface area is 96.2 Å². The monoisotopic (exact) mass is 221 g/mol. The summed E-state index contributed by atoms with van der Waals surface area (Å²) in [6.45, 7) is 3.72. The molecule has 2 fully saturated rings. The van der Waals surface area contributed by atoms with E-state index >= 15 is 0 Å². The quantitative estimate of drug-likeness (QED) is 0.846. The number of ether oxygens (including phenoxy) is 1. The molecule has 1 aromatic heterocycles. The molecule has 1 N–H and O–H groups in total. The van der Waals surface area contributed by atoms with Gasteiger partial charge in [-0.05, 0) is 44.2 Å². The molecule has 1 aliphatic heterocycles. The SMILES string of the molecule is Cc1ccc(CNC2CCOC2C2CC2)o1. The molecule has 3 nitrogen and oxygen atoms in total. The molecule has 2 heterocycles. The van der Waals surface area contributed by atoms with Gasteiger partial charge in [-0.2, -0.15) is 0 Å². The summed E-state index contributed by atoms with van der Waals surface area (Å²) in [5.41, 5.74) is 0. The minimum Gasteiger partial charge on any atom is -0.465 e. The first-order chi connectivity index (χ1) is 7.83. The first-order valence-corrected chi connectivity index (χ1v) is 6.23. The maximum Gasteiger partial charge on any atom is 0.117 e. The Balaban J connectivity index is 1.54. The number of aryl methyl sites for hydroxylation is 1. The topological polar surface area (TPSA) is 34.4 Å². The number of hydrogen-bond donors (Lipinski definition) is 1. The lowest BCUT2D eigenvalue weighted by atomic mass is 10.1. The van der Waals surface area contributed by atoms with E-state index in [2.05, 4.69) is 5.32 Å². The van der Waals surface area contributed by atoms with Crippen LogP contribution in [-0.4, -0.2) is 18.8 Å². The summed E-state index contributed by atoms with van der Waals surface area (Å²) in [6, 6.07) is 4.59. The Morgan fingerprint density at radius 3 is 2.88 bits per heavy atom. The van der Waals surface area contributed by atoms with Gasteiger partial charge in [-0.3, -0.25) is 0 Å². The third kappa shape index (κ3) is 2.15. The van der Waals surface area contributed by atoms with Crippen LogP contribution in [0, 0.1) is 12.8 Å². The Morgan fingerprint density at radius 2 is 2.19 bits per heavy atom. The van der Waals surface area contributed by atoms with E-state index in [0.29, 0.717) is 12.1 Å². The van der Waals surface area contributed by atoms with Crippen molar-refractivity contribution in [3.8, 4) is 0 Å². The molecule has 1 aliphatic carbocycles. The first-order valence-electron chi connectivity index (χ1n) is 6.23. The van der Waals surface area contributed by atoms with Crippen LogP contribution in [0.25, 0.3) is 0 Å². The second-order valence-electron chi connectivity index (χ2n) is 4.96. The molecule has 2 aliphatic rings. The minimum atomic E-state index is 0.455. The molecule has 3 heteroatoms. The highest BCUT2D eigenvalue weighted by molar-refractivity contribution is 5.05. The smallest absolute Gasteiger partial charge is 0.117 e. The average molecular weight is 221 g/mol. The van der Waals surface area contributed by atoms with Gasteiger partial charge < -0.3 is 14.5 Å². The highest BCUT2D eigenvalue weighted by Gasteiger charge is 2.40. The lowest BCUT2D eigenvalue weighted by molar-refractivity contribution is 0.0805. The van der Waals surface area contributed by atoms with Gasteiger partial charge in [0, 0.05) is 12.6 Å². The lowest BCUT2D eigenvalue weighted by Gasteiger charge is -2.18. The van der Waals surface area contributed by atoms with Crippen LogP contribution in [0.4, 0.5) is 0 Å². The van der Waals surface area contributed by atoms with Gasteiger partial charge in [-0.1, -0.05) is 0 Å². The summed E-state index contributed by atoms with van der Waals surface area (Å²) in [5.74, 6) is 2.83. The van der Waals surface area contributed by atoms with Gasteiger partial charge in [0.05, 0.1) is 12.6 Å². The maximum absolute atomic E-state index is 5.79. The van der Waals surface area contributed by atoms with Crippen LogP contribution in [0.15, 0.2) is 16.5 Å². The van der Waals surface area contributed by atoms with Crippen molar-refractivity contribution in [1.82, 2.24) is 5.32 Å². The van der Waals surface area contributed by atoms with E-state index in [1.54, 1.807) is 0 Å². The number of nitrogens with one attached hydrogen (secondary N) is 1. The molecular formula is C13H19NO2. The molecular weight excluding hydrogens is 202 g/mol. The highest BCUT2D eigenvalue weighted by Crippen LogP contribution is 2.38. The van der Waals surface area contributed by atoms with E-state index in [9.17, 15) is 0 Å². The highest BCUT2D eigenvalue weighted by atomic mass is 16.5. The van der Waals surface area contributed by atoms with Gasteiger partial charge in [-0.15, -0.1) is 0 Å². The number of hydrogen-bond acceptors (Lipinski definition) is 3. The van der Waals surface area contributed by atoms with E-state index in [0.717, 1.165) is 37.0 Å². The summed E-state index contributed by atoms with van der Waals surface area (Å²) in [7, 11) is 0. The third-order valence-electron chi connectivity index (χ3n) is 3.56. The van der Waals surface area contributed by atoms with Gasteiger partial charge in [0.1, 0.15) is 11.5 Å². The summed E-state index contributed by atoms with van der Waals surface area (Å²) in [5, 5.41) is 3.56. The van der Waals surface area contributed by atoms with Crippen molar-refractivity contribution < 1.29 is 9.15 Å². The minimum absolute atomic E-state index is 0.455. The molecule has 88 valence electrons. The predicted octanol–water partition coefficient (Wildman–Crippen LogP) is 2.25. The summed E-state index contributed by atoms with van der Waals surface area (Å²) in [4.78, 5) is 0. The predicted molar refractivity (Wildman–Crippen MR) is 61.2 cm³/mol. The van der Waals surface area contributed by atoms with E-state index in [1.165, 1.54) is 12.8 Å². The van der Waals surface area contributed by atoms with Crippen LogP contribution in [0.2, 0.25) is 0 Å². The van der Waals surface area contributed by atoms with Crippen LogP contribution in [0.5, 0.6) is 0 Å². The molecule has 0 bridgehead atoms. The van der Waals surface area contributed by atoms with Crippen LogP contribution in [0.3, 0.4) is 0 Å². The molecule has 0 spiro atoms. The largest absolute Gasteiger partial charge is 0.465 e. The summed E-state index contributed by atoms with van der Waals surface area (Å²) >= 11 is 0. The van der Waals surface area contributed by atoms with Crippen molar-refractivity contribution in [1.29, 1.82) is 0 Å². The Bertz CT molecular complexity index is 357. The van der Waals surface area contributed by atoms with E-state index in [-0.39, 0.29) is 0 Å². The normalized spacial score (nSPS) is 29.8. The van der Waals surface area contributed by atoms with Gasteiger partial charge in [0.15, 0.2) is 0 Å². The zero-order valence-electron chi connectivity index (χ0n) is 9.74. The van der Waals surface area contributed by atoms with Crippen molar-refractivity contribution in [2.75, 3.05) is 6.61 Å². The van der Waals surface area contributed by atoms with Crippen molar-refractivity contribution >= 4 is 0 Å². The van der Waals surface area contributed by atoms with E-state index in [1.807, 2.05) is 19.1 Å². The molecule has 16 heavy (non-hydrogen) atoms. The Hall–Kier alpha value is -0.800. The Kier molecular flexibility index (Phi) is 2.74. The molecule has 0 amide bonds. The number of rotatable bonds is 4. The van der Waals surface area contributed by atoms with Crippen LogP contribution < -0.4 is 5.32 Å². The van der Waals surface area contributed by atoms with Crippen molar-refractivity contribution in [2.24, 2.45) is 5.92 Å². The van der Waals surface area contributed by atoms with Crippen molar-refractivity contribution in [3.05, 3.63) is 23.7 Å². The fourth-order valence-electron chi connectivity index (χ4n) is 2.53. The third-order valence-corrected chi connectivity index (χ3v) is 3.56. The number of furan rings is 1. The second-order valence-corrected chi connectivity index (χ2v) is 4.96. The van der Waals surface area contributed by atoms with Gasteiger partial charge in [0.25, 0.3) is 0 Å².